The van der Waals surface area contributed by atoms with Gasteiger partial charge in [0.15, 0.2) is 35.6 Å². The largest absolute Gasteiger partial charge is 0.543 e. The number of amides is 2. The van der Waals surface area contributed by atoms with Crippen LogP contribution in [0.15, 0.2) is 65.2 Å². The van der Waals surface area contributed by atoms with Crippen molar-refractivity contribution in [2.24, 2.45) is 11.1 Å². The molecule has 0 aliphatic carbocycles. The molecule has 3 N–H and O–H groups in total. The summed E-state index contributed by atoms with van der Waals surface area (Å²) in [6.07, 6.45) is -2.21. The van der Waals surface area contributed by atoms with Gasteiger partial charge >= 0.3 is 6.18 Å². The molecule has 1 saturated heterocycles. The Morgan fingerprint density at radius 2 is 1.92 bits per heavy atom. The summed E-state index contributed by atoms with van der Waals surface area (Å²) in [5.41, 5.74) is 7.36. The van der Waals surface area contributed by atoms with E-state index in [1.807, 2.05) is 0 Å². The van der Waals surface area contributed by atoms with Crippen molar-refractivity contribution < 1.29 is 51.7 Å². The smallest absolute Gasteiger partial charge is 0.449 e. The number of β-lactam (4-membered cyclic amide) rings is 1. The molecule has 274 valence electrons. The minimum atomic E-state index is -4.86. The van der Waals surface area contributed by atoms with Crippen molar-refractivity contribution in [1.29, 1.82) is 0 Å². The summed E-state index contributed by atoms with van der Waals surface area (Å²) in [5.74, 6) is -5.42. The minimum absolute atomic E-state index is 0.00323. The van der Waals surface area contributed by atoms with Gasteiger partial charge in [-0.15, -0.1) is 11.8 Å². The third kappa shape index (κ3) is 8.79. The third-order valence-corrected chi connectivity index (χ3v) is 10.7. The molecule has 1 fully saturated rings. The molecule has 52 heavy (non-hydrogen) atoms. The molecule has 0 radical (unpaired) electrons. The van der Waals surface area contributed by atoms with Crippen LogP contribution >= 0.6 is 34.7 Å². The van der Waals surface area contributed by atoms with Crippen LogP contribution < -0.4 is 20.7 Å². The predicted molar refractivity (Wildman–Crippen MR) is 182 cm³/mol. The molecule has 13 nitrogen and oxygen atoms in total. The second-order valence-corrected chi connectivity index (χ2v) is 14.5. The number of alkyl halides is 3. The number of hydrogen-bond acceptors (Lipinski definition) is 12. The Labute approximate surface area is 307 Å². The molecule has 2 aliphatic rings. The molecule has 4 heterocycles. The van der Waals surface area contributed by atoms with E-state index in [0.717, 1.165) is 21.8 Å². The van der Waals surface area contributed by atoms with Crippen molar-refractivity contribution in [3.05, 3.63) is 86.8 Å². The number of halogens is 4. The number of carbonyl (C=O) groups is 5. The van der Waals surface area contributed by atoms with Crippen LogP contribution in [0.4, 0.5) is 18.3 Å². The summed E-state index contributed by atoms with van der Waals surface area (Å²) < 4.78 is 39.2. The van der Waals surface area contributed by atoms with E-state index in [-0.39, 0.29) is 64.7 Å². The van der Waals surface area contributed by atoms with Gasteiger partial charge in [-0.05, 0) is 36.1 Å². The molecule has 2 aliphatic heterocycles. The SMILES string of the molecule is CO/N=C(\C(=O)C[C@@H]1C(=O)N2C(C(=O)[O-])=C(C[n+]3ccc(CNC(=O)c4cccc(CCCC(=O)C(F)(F)F)c4)cc3)CS[C@H]12)c1nc(N)sc1Cl. The first-order chi connectivity index (χ1) is 24.7. The van der Waals surface area contributed by atoms with Gasteiger partial charge in [0, 0.05) is 48.4 Å². The number of aromatic nitrogens is 2. The third-order valence-electron chi connectivity index (χ3n) is 8.19. The molecule has 0 bridgehead atoms. The number of fused-ring (bicyclic) bond motifs is 1. The van der Waals surface area contributed by atoms with E-state index < -0.39 is 53.2 Å². The average molecular weight is 779 g/mol. The number of carboxylic acids is 1. The number of ketones is 2. The average Bonchev–Trinajstić information content (AvgIpc) is 3.44. The summed E-state index contributed by atoms with van der Waals surface area (Å²) in [7, 11) is 1.24. The van der Waals surface area contributed by atoms with Crippen LogP contribution in [0.2, 0.25) is 4.34 Å². The van der Waals surface area contributed by atoms with Gasteiger partial charge in [-0.3, -0.25) is 24.1 Å². The fraction of sp³-hybridized carbons (Fsp3) is 0.333. The second-order valence-electron chi connectivity index (χ2n) is 11.7. The molecule has 2 amide bonds. The molecule has 5 rings (SSSR count). The van der Waals surface area contributed by atoms with E-state index in [4.69, 9.17) is 22.2 Å². The Hall–Kier alpha value is -4.81. The number of nitrogen functional groups attached to an aromatic ring is 1. The molecule has 2 aromatic heterocycles. The molecule has 0 saturated carbocycles. The number of thiazole rings is 1. The Morgan fingerprint density at radius 3 is 2.56 bits per heavy atom. The van der Waals surface area contributed by atoms with Gasteiger partial charge in [-0.2, -0.15) is 13.2 Å². The molecular formula is C33H30ClF3N6O7S2. The number of rotatable bonds is 15. The predicted octanol–water partition coefficient (Wildman–Crippen LogP) is 2.60. The van der Waals surface area contributed by atoms with Crippen LogP contribution in [0, 0.1) is 5.92 Å². The van der Waals surface area contributed by atoms with E-state index in [9.17, 15) is 42.3 Å². The molecule has 19 heteroatoms. The first kappa shape index (κ1) is 38.4. The van der Waals surface area contributed by atoms with Crippen LogP contribution in [0.5, 0.6) is 0 Å². The number of benzene rings is 1. The van der Waals surface area contributed by atoms with Crippen LogP contribution in [0.3, 0.4) is 0 Å². The van der Waals surface area contributed by atoms with E-state index in [2.05, 4.69) is 15.5 Å². The number of aliphatic carboxylic acids is 1. The number of nitrogens with one attached hydrogen (secondary N) is 1. The van der Waals surface area contributed by atoms with E-state index >= 15 is 0 Å². The summed E-state index contributed by atoms with van der Waals surface area (Å²) in [6.45, 7) is 0.272. The van der Waals surface area contributed by atoms with E-state index in [0.29, 0.717) is 16.7 Å². The fourth-order valence-corrected chi connectivity index (χ4v) is 8.02. The van der Waals surface area contributed by atoms with Crippen molar-refractivity contribution in [3.8, 4) is 0 Å². The quantitative estimate of drug-likeness (QED) is 0.101. The van der Waals surface area contributed by atoms with Gasteiger partial charge in [0.2, 0.25) is 11.7 Å². The number of anilines is 1. The van der Waals surface area contributed by atoms with Crippen LogP contribution in [-0.2, 0) is 43.5 Å². The highest BCUT2D eigenvalue weighted by atomic mass is 35.5. The second kappa shape index (κ2) is 16.2. The van der Waals surface area contributed by atoms with E-state index in [1.165, 1.54) is 18.9 Å². The van der Waals surface area contributed by atoms with Gasteiger partial charge in [0.05, 0.1) is 23.0 Å². The van der Waals surface area contributed by atoms with Crippen LogP contribution in [-0.4, -0.2) is 69.4 Å². The number of nitrogens with two attached hydrogens (primary N) is 1. The molecule has 0 unspecified atom stereocenters. The maximum atomic E-state index is 13.2. The fourth-order valence-electron chi connectivity index (χ4n) is 5.68. The lowest BCUT2D eigenvalue weighted by molar-refractivity contribution is -0.689. The molecular weight excluding hydrogens is 749 g/mol. The van der Waals surface area contributed by atoms with Crippen LogP contribution in [0.25, 0.3) is 0 Å². The monoisotopic (exact) mass is 778 g/mol. The lowest BCUT2D eigenvalue weighted by Crippen LogP contribution is -2.63. The Bertz CT molecular complexity index is 1970. The van der Waals surface area contributed by atoms with Crippen molar-refractivity contribution in [1.82, 2.24) is 15.2 Å². The molecule has 1 aromatic carbocycles. The number of oxime groups is 1. The number of hydrogen-bond donors (Lipinski definition) is 2. The van der Waals surface area contributed by atoms with Gasteiger partial charge in [0.1, 0.15) is 17.1 Å². The number of carboxylic acid groups (broad SMARTS) is 1. The Kier molecular flexibility index (Phi) is 12.0. The number of aryl methyl sites for hydroxylation is 1. The normalized spacial score (nSPS) is 17.4. The van der Waals surface area contributed by atoms with Gasteiger partial charge in [-0.25, -0.2) is 9.55 Å². The Morgan fingerprint density at radius 1 is 1.19 bits per heavy atom. The zero-order chi connectivity index (χ0) is 37.7. The highest BCUT2D eigenvalue weighted by Gasteiger charge is 2.53. The molecule has 3 aromatic rings. The maximum Gasteiger partial charge on any atom is 0.449 e. The molecule has 2 atom stereocenters. The maximum absolute atomic E-state index is 13.2. The lowest BCUT2D eigenvalue weighted by atomic mass is 9.89. The zero-order valence-corrected chi connectivity index (χ0v) is 29.7. The summed E-state index contributed by atoms with van der Waals surface area (Å²) >= 11 is 8.42. The van der Waals surface area contributed by atoms with Crippen LogP contribution in [0.1, 0.15) is 46.4 Å². The number of nitrogens with zero attached hydrogens (tertiary/aromatic N) is 4. The van der Waals surface area contributed by atoms with Crippen molar-refractivity contribution in [2.75, 3.05) is 18.6 Å². The van der Waals surface area contributed by atoms with E-state index in [1.54, 1.807) is 53.4 Å². The summed E-state index contributed by atoms with van der Waals surface area (Å²) in [4.78, 5) is 72.5. The highest BCUT2D eigenvalue weighted by molar-refractivity contribution is 8.00. The number of Topliss-reactive ketones (excluding diaryl/α,β-unsaturated/α-hetero) is 2. The molecule has 0 spiro atoms. The topological polar surface area (TPSA) is 188 Å². The van der Waals surface area contributed by atoms with Crippen molar-refractivity contribution >= 4 is 74.9 Å². The number of thioether (sulfide) groups is 1. The lowest BCUT2D eigenvalue weighted by Gasteiger charge is -2.50. The van der Waals surface area contributed by atoms with Gasteiger partial charge in [-0.1, -0.05) is 40.2 Å². The minimum Gasteiger partial charge on any atom is -0.543 e. The summed E-state index contributed by atoms with van der Waals surface area (Å²) in [5, 5.41) is 18.3. The standard InChI is InChI=1S/C33H30ClF3N6O7S2/c1-50-41-24(25-27(34)52-32(38)40-25)22(44)13-21-29(47)43-26(31(48)49)20(16-51-30(21)43)15-42-10-8-18(9-11-42)14-39-28(46)19-6-2-4-17(12-19)5-3-7-23(45)33(35,36)37/h2,4,6,8-12,21,30H,3,5,7,13-16H2,1H3,(H3-,38,39,40,46,48,49)/b41-24+/t21-,30-/m1/s1. The highest BCUT2D eigenvalue weighted by Crippen LogP contribution is 2.45. The van der Waals surface area contributed by atoms with Crippen molar-refractivity contribution in [3.63, 3.8) is 0 Å². The Balaban J connectivity index is 1.17. The zero-order valence-electron chi connectivity index (χ0n) is 27.3. The number of pyridine rings is 1. The van der Waals surface area contributed by atoms with Gasteiger partial charge in [0.25, 0.3) is 5.91 Å². The first-order valence-corrected chi connectivity index (χ1v) is 17.8. The van der Waals surface area contributed by atoms with Crippen molar-refractivity contribution in [2.45, 2.75) is 50.3 Å². The summed E-state index contributed by atoms with van der Waals surface area (Å²) in [6, 6.07) is 9.86. The number of carbonyl (C=O) groups excluding carboxylic acids is 5. The van der Waals surface area contributed by atoms with Gasteiger partial charge < -0.3 is 25.8 Å². The first-order valence-electron chi connectivity index (χ1n) is 15.6.